The highest BCUT2D eigenvalue weighted by Crippen LogP contribution is 2.18. The third-order valence-corrected chi connectivity index (χ3v) is 2.30. The molecule has 0 aromatic heterocycles. The number of hydrogen-bond donors (Lipinski definition) is 2. The molecule has 2 amide bonds. The number of anilines is 1. The van der Waals surface area contributed by atoms with E-state index in [0.717, 1.165) is 11.4 Å². The first-order chi connectivity index (χ1) is 7.29. The van der Waals surface area contributed by atoms with Gasteiger partial charge in [0.15, 0.2) is 0 Å². The Bertz CT molecular complexity index is 340. The van der Waals surface area contributed by atoms with E-state index in [1.807, 2.05) is 29.2 Å². The summed E-state index contributed by atoms with van der Waals surface area (Å²) in [4.78, 5) is 12.9. The zero-order chi connectivity index (χ0) is 10.7. The van der Waals surface area contributed by atoms with Gasteiger partial charge < -0.3 is 20.3 Å². The standard InChI is InChI=1S/C10H13N3O2/c1-15-9-4-2-8(3-5-9)13-6-11-10(14)12-7-13/h2-5H,6-7H2,1H3,(H2,11,12,14). The van der Waals surface area contributed by atoms with Crippen molar-refractivity contribution >= 4 is 11.7 Å². The molecule has 1 aromatic rings. The normalized spacial score (nSPS) is 15.5. The van der Waals surface area contributed by atoms with Crippen LogP contribution in [0.25, 0.3) is 0 Å². The van der Waals surface area contributed by atoms with Crippen molar-refractivity contribution in [2.24, 2.45) is 0 Å². The summed E-state index contributed by atoms with van der Waals surface area (Å²) in [6, 6.07) is 7.58. The number of urea groups is 1. The number of carbonyl (C=O) groups excluding carboxylic acids is 1. The molecule has 80 valence electrons. The molecular weight excluding hydrogens is 194 g/mol. The molecule has 0 unspecified atom stereocenters. The zero-order valence-electron chi connectivity index (χ0n) is 8.49. The van der Waals surface area contributed by atoms with Crippen LogP contribution in [0.4, 0.5) is 10.5 Å². The molecule has 0 atom stereocenters. The van der Waals surface area contributed by atoms with Crippen molar-refractivity contribution < 1.29 is 9.53 Å². The minimum atomic E-state index is -0.125. The fraction of sp³-hybridized carbons (Fsp3) is 0.300. The van der Waals surface area contributed by atoms with Crippen molar-refractivity contribution in [1.29, 1.82) is 0 Å². The Morgan fingerprint density at radius 3 is 2.33 bits per heavy atom. The highest BCUT2D eigenvalue weighted by molar-refractivity contribution is 5.75. The van der Waals surface area contributed by atoms with Crippen LogP contribution < -0.4 is 20.3 Å². The Morgan fingerprint density at radius 2 is 1.80 bits per heavy atom. The van der Waals surface area contributed by atoms with Crippen molar-refractivity contribution in [2.75, 3.05) is 25.3 Å². The predicted octanol–water partition coefficient (Wildman–Crippen LogP) is 0.729. The molecule has 2 N–H and O–H groups in total. The summed E-state index contributed by atoms with van der Waals surface area (Å²) in [6.07, 6.45) is 0. The number of rotatable bonds is 2. The molecule has 0 saturated carbocycles. The van der Waals surface area contributed by atoms with Gasteiger partial charge in [0, 0.05) is 5.69 Å². The lowest BCUT2D eigenvalue weighted by Gasteiger charge is -2.29. The molecule has 1 aliphatic rings. The molecule has 0 aliphatic carbocycles. The Morgan fingerprint density at radius 1 is 1.20 bits per heavy atom. The number of hydrogen-bond acceptors (Lipinski definition) is 3. The molecule has 1 saturated heterocycles. The lowest BCUT2D eigenvalue weighted by molar-refractivity contribution is 0.236. The fourth-order valence-electron chi connectivity index (χ4n) is 1.43. The van der Waals surface area contributed by atoms with E-state index in [2.05, 4.69) is 10.6 Å². The summed E-state index contributed by atoms with van der Waals surface area (Å²) in [5.74, 6) is 0.827. The summed E-state index contributed by atoms with van der Waals surface area (Å²) >= 11 is 0. The maximum atomic E-state index is 10.9. The number of benzene rings is 1. The molecule has 0 radical (unpaired) electrons. The second-order valence-corrected chi connectivity index (χ2v) is 3.24. The van der Waals surface area contributed by atoms with Crippen LogP contribution in [0.15, 0.2) is 24.3 Å². The Labute approximate surface area is 88.0 Å². The smallest absolute Gasteiger partial charge is 0.317 e. The topological polar surface area (TPSA) is 53.6 Å². The predicted molar refractivity (Wildman–Crippen MR) is 56.9 cm³/mol. The average molecular weight is 207 g/mol. The molecule has 5 heteroatoms. The number of carbonyl (C=O) groups is 1. The molecule has 5 nitrogen and oxygen atoms in total. The van der Waals surface area contributed by atoms with E-state index in [4.69, 9.17) is 4.74 Å². The molecule has 2 rings (SSSR count). The number of nitrogens with one attached hydrogen (secondary N) is 2. The minimum Gasteiger partial charge on any atom is -0.497 e. The maximum Gasteiger partial charge on any atom is 0.317 e. The molecule has 1 heterocycles. The van der Waals surface area contributed by atoms with Gasteiger partial charge >= 0.3 is 6.03 Å². The molecule has 0 bridgehead atoms. The number of nitrogens with zero attached hydrogens (tertiary/aromatic N) is 1. The summed E-state index contributed by atoms with van der Waals surface area (Å²) in [5, 5.41) is 5.41. The van der Waals surface area contributed by atoms with Gasteiger partial charge in [-0.1, -0.05) is 0 Å². The Balaban J connectivity index is 2.06. The average Bonchev–Trinajstić information content (AvgIpc) is 2.30. The van der Waals surface area contributed by atoms with Crippen LogP contribution >= 0.6 is 0 Å². The van der Waals surface area contributed by atoms with E-state index in [1.165, 1.54) is 0 Å². The Hall–Kier alpha value is -1.91. The number of ether oxygens (including phenoxy) is 1. The van der Waals surface area contributed by atoms with Crippen molar-refractivity contribution in [3.8, 4) is 5.75 Å². The first-order valence-electron chi connectivity index (χ1n) is 4.70. The maximum absolute atomic E-state index is 10.9. The summed E-state index contributed by atoms with van der Waals surface area (Å²) in [5.41, 5.74) is 1.04. The molecule has 0 spiro atoms. The SMILES string of the molecule is COc1ccc(N2CNC(=O)NC2)cc1. The van der Waals surface area contributed by atoms with E-state index >= 15 is 0 Å². The van der Waals surface area contributed by atoms with Gasteiger partial charge in [-0.05, 0) is 24.3 Å². The minimum absolute atomic E-state index is 0.125. The van der Waals surface area contributed by atoms with Crippen molar-refractivity contribution in [2.45, 2.75) is 0 Å². The Kier molecular flexibility index (Phi) is 2.62. The van der Waals surface area contributed by atoms with Crippen molar-refractivity contribution in [3.63, 3.8) is 0 Å². The van der Waals surface area contributed by atoms with Crippen LogP contribution in [0.3, 0.4) is 0 Å². The lowest BCUT2D eigenvalue weighted by atomic mass is 10.3. The molecule has 1 aromatic carbocycles. The third kappa shape index (κ3) is 2.12. The second-order valence-electron chi connectivity index (χ2n) is 3.24. The number of amides is 2. The molecule has 1 aliphatic heterocycles. The van der Waals surface area contributed by atoms with Gasteiger partial charge in [-0.25, -0.2) is 4.79 Å². The van der Waals surface area contributed by atoms with Crippen LogP contribution in [-0.4, -0.2) is 26.5 Å². The van der Waals surface area contributed by atoms with E-state index in [0.29, 0.717) is 13.3 Å². The van der Waals surface area contributed by atoms with E-state index in [1.54, 1.807) is 7.11 Å². The van der Waals surface area contributed by atoms with Gasteiger partial charge in [-0.2, -0.15) is 0 Å². The zero-order valence-corrected chi connectivity index (χ0v) is 8.49. The summed E-state index contributed by atoms with van der Waals surface area (Å²) < 4.78 is 5.07. The van der Waals surface area contributed by atoms with Gasteiger partial charge in [0.1, 0.15) is 5.75 Å². The summed E-state index contributed by atoms with van der Waals surface area (Å²) in [7, 11) is 1.64. The summed E-state index contributed by atoms with van der Waals surface area (Å²) in [6.45, 7) is 1.05. The lowest BCUT2D eigenvalue weighted by Crippen LogP contribution is -2.54. The largest absolute Gasteiger partial charge is 0.497 e. The number of methoxy groups -OCH3 is 1. The van der Waals surface area contributed by atoms with Crippen LogP contribution in [0.2, 0.25) is 0 Å². The van der Waals surface area contributed by atoms with Crippen molar-refractivity contribution in [1.82, 2.24) is 10.6 Å². The van der Waals surface area contributed by atoms with Gasteiger partial charge in [-0.3, -0.25) is 0 Å². The van der Waals surface area contributed by atoms with E-state index in [-0.39, 0.29) is 6.03 Å². The van der Waals surface area contributed by atoms with Crippen LogP contribution in [0, 0.1) is 0 Å². The fourth-order valence-corrected chi connectivity index (χ4v) is 1.43. The third-order valence-electron chi connectivity index (χ3n) is 2.30. The second kappa shape index (κ2) is 4.08. The highest BCUT2D eigenvalue weighted by Gasteiger charge is 2.13. The monoisotopic (exact) mass is 207 g/mol. The van der Waals surface area contributed by atoms with Gasteiger partial charge in [0.2, 0.25) is 0 Å². The first-order valence-corrected chi connectivity index (χ1v) is 4.70. The van der Waals surface area contributed by atoms with Crippen LogP contribution in [-0.2, 0) is 0 Å². The van der Waals surface area contributed by atoms with Crippen LogP contribution in [0.5, 0.6) is 5.75 Å². The van der Waals surface area contributed by atoms with Gasteiger partial charge in [0.25, 0.3) is 0 Å². The quantitative estimate of drug-likeness (QED) is 0.751. The first kappa shape index (κ1) is 9.64. The van der Waals surface area contributed by atoms with Gasteiger partial charge in [-0.15, -0.1) is 0 Å². The van der Waals surface area contributed by atoms with Gasteiger partial charge in [0.05, 0.1) is 20.4 Å². The highest BCUT2D eigenvalue weighted by atomic mass is 16.5. The van der Waals surface area contributed by atoms with Crippen LogP contribution in [0.1, 0.15) is 0 Å². The van der Waals surface area contributed by atoms with E-state index in [9.17, 15) is 4.79 Å². The molecular formula is C10H13N3O2. The molecule has 15 heavy (non-hydrogen) atoms. The van der Waals surface area contributed by atoms with Crippen molar-refractivity contribution in [3.05, 3.63) is 24.3 Å². The van der Waals surface area contributed by atoms with E-state index < -0.39 is 0 Å². The molecule has 1 fully saturated rings.